The molecule has 7 nitrogen and oxygen atoms in total. The van der Waals surface area contributed by atoms with E-state index >= 15 is 0 Å². The van der Waals surface area contributed by atoms with E-state index in [2.05, 4.69) is 0 Å². The number of carbonyl (C=O) groups is 2. The molecular formula is C21H15ClN2O5S. The molecule has 0 aromatic heterocycles. The van der Waals surface area contributed by atoms with Crippen LogP contribution in [0.25, 0.3) is 0 Å². The number of esters is 1. The third-order valence-corrected chi connectivity index (χ3v) is 6.03. The second kappa shape index (κ2) is 8.30. The highest BCUT2D eigenvalue weighted by molar-refractivity contribution is 8.03. The number of carbonyl (C=O) groups excluding carboxylic acids is 2. The molecule has 0 saturated carbocycles. The number of halogens is 1. The molecule has 0 fully saturated rings. The highest BCUT2D eigenvalue weighted by atomic mass is 35.5. The molecule has 0 spiro atoms. The summed E-state index contributed by atoms with van der Waals surface area (Å²) in [5.41, 5.74) is 0.968. The van der Waals surface area contributed by atoms with Crippen molar-refractivity contribution >= 4 is 40.8 Å². The summed E-state index contributed by atoms with van der Waals surface area (Å²) in [5, 5.41) is 10.3. The van der Waals surface area contributed by atoms with Crippen molar-refractivity contribution < 1.29 is 23.8 Å². The van der Waals surface area contributed by atoms with Crippen LogP contribution in [0.3, 0.4) is 0 Å². The Kier molecular flexibility index (Phi) is 5.57. The zero-order valence-electron chi connectivity index (χ0n) is 15.8. The lowest BCUT2D eigenvalue weighted by Gasteiger charge is -2.20. The van der Waals surface area contributed by atoms with E-state index in [0.717, 1.165) is 10.6 Å². The van der Waals surface area contributed by atoms with Gasteiger partial charge in [0.2, 0.25) is 5.78 Å². The number of nitrogens with zero attached hydrogens (tertiary/aromatic N) is 2. The predicted octanol–water partition coefficient (Wildman–Crippen LogP) is 3.81. The number of para-hydroxylation sites is 1. The minimum Gasteiger partial charge on any atom is -0.486 e. The molecule has 2 aromatic carbocycles. The minimum atomic E-state index is -0.750. The maximum Gasteiger partial charge on any atom is 0.338 e. The Morgan fingerprint density at radius 1 is 1.27 bits per heavy atom. The monoisotopic (exact) mass is 442 g/mol. The van der Waals surface area contributed by atoms with E-state index in [1.165, 1.54) is 23.9 Å². The van der Waals surface area contributed by atoms with Crippen molar-refractivity contribution in [3.63, 3.8) is 0 Å². The molecule has 0 radical (unpaired) electrons. The van der Waals surface area contributed by atoms with Crippen LogP contribution >= 0.6 is 23.4 Å². The van der Waals surface area contributed by atoms with Gasteiger partial charge in [-0.3, -0.25) is 4.79 Å². The summed E-state index contributed by atoms with van der Waals surface area (Å²) in [6, 6.07) is 12.4. The van der Waals surface area contributed by atoms with Crippen LogP contribution < -0.4 is 14.4 Å². The minimum absolute atomic E-state index is 0.0632. The van der Waals surface area contributed by atoms with Crippen LogP contribution in [0.2, 0.25) is 5.02 Å². The van der Waals surface area contributed by atoms with Gasteiger partial charge in [0.05, 0.1) is 16.3 Å². The fourth-order valence-electron chi connectivity index (χ4n) is 3.07. The molecular weight excluding hydrogens is 428 g/mol. The third kappa shape index (κ3) is 3.70. The first-order chi connectivity index (χ1) is 14.5. The molecule has 0 N–H and O–H groups in total. The van der Waals surface area contributed by atoms with E-state index in [1.54, 1.807) is 11.9 Å². The molecule has 2 aliphatic heterocycles. The molecule has 30 heavy (non-hydrogen) atoms. The Labute approximate surface area is 181 Å². The number of nitriles is 1. The number of anilines is 1. The van der Waals surface area contributed by atoms with Gasteiger partial charge >= 0.3 is 5.97 Å². The van der Waals surface area contributed by atoms with E-state index in [9.17, 15) is 14.9 Å². The van der Waals surface area contributed by atoms with Gasteiger partial charge in [-0.2, -0.15) is 5.26 Å². The summed E-state index contributed by atoms with van der Waals surface area (Å²) in [6.45, 7) is 0.141. The number of thioether (sulfide) groups is 1. The van der Waals surface area contributed by atoms with Crippen molar-refractivity contribution in [1.29, 1.82) is 5.26 Å². The Balaban J connectivity index is 1.49. The Morgan fingerprint density at radius 3 is 2.80 bits per heavy atom. The van der Waals surface area contributed by atoms with Crippen LogP contribution in [0.5, 0.6) is 11.5 Å². The van der Waals surface area contributed by atoms with Gasteiger partial charge in [0.15, 0.2) is 18.1 Å². The maximum absolute atomic E-state index is 12.6. The van der Waals surface area contributed by atoms with Crippen molar-refractivity contribution in [2.75, 3.05) is 31.8 Å². The molecule has 2 aliphatic rings. The number of hydrogen-bond donors (Lipinski definition) is 0. The molecule has 2 aromatic rings. The van der Waals surface area contributed by atoms with Crippen LogP contribution in [0.15, 0.2) is 51.9 Å². The third-order valence-electron chi connectivity index (χ3n) is 4.51. The van der Waals surface area contributed by atoms with Crippen LogP contribution in [0.4, 0.5) is 5.69 Å². The SMILES string of the molecule is CN1/C(=C(\C#N)C(=O)COC(=O)c2cc(Cl)c3c(c2)OCCO3)Sc2ccccc21. The lowest BCUT2D eigenvalue weighted by Crippen LogP contribution is -2.20. The van der Waals surface area contributed by atoms with Crippen molar-refractivity contribution in [3.05, 3.63) is 57.6 Å². The van der Waals surface area contributed by atoms with Gasteiger partial charge in [0.1, 0.15) is 29.9 Å². The summed E-state index contributed by atoms with van der Waals surface area (Å²) in [6.07, 6.45) is 0. The smallest absolute Gasteiger partial charge is 0.338 e. The summed E-state index contributed by atoms with van der Waals surface area (Å²) < 4.78 is 16.0. The Morgan fingerprint density at radius 2 is 2.03 bits per heavy atom. The van der Waals surface area contributed by atoms with E-state index in [1.807, 2.05) is 30.3 Å². The zero-order valence-corrected chi connectivity index (χ0v) is 17.4. The molecule has 0 aliphatic carbocycles. The highest BCUT2D eigenvalue weighted by Gasteiger charge is 2.28. The Bertz CT molecular complexity index is 1120. The first-order valence-electron chi connectivity index (χ1n) is 8.94. The largest absolute Gasteiger partial charge is 0.486 e. The fourth-order valence-corrected chi connectivity index (χ4v) is 4.49. The topological polar surface area (TPSA) is 88.9 Å². The molecule has 0 bridgehead atoms. The Hall–Kier alpha value is -3.15. The lowest BCUT2D eigenvalue weighted by atomic mass is 10.2. The standard InChI is InChI=1S/C21H15ClN2O5S/c1-24-15-4-2-3-5-18(15)30-20(24)13(10-23)16(25)11-29-21(26)12-8-14(22)19-17(9-12)27-6-7-28-19/h2-5,8-9H,6-7,11H2,1H3/b20-13-. The normalized spacial score (nSPS) is 15.8. The van der Waals surface area contributed by atoms with Gasteiger partial charge in [-0.05, 0) is 24.3 Å². The molecule has 0 atom stereocenters. The molecule has 9 heteroatoms. The van der Waals surface area contributed by atoms with E-state index in [4.69, 9.17) is 25.8 Å². The summed E-state index contributed by atoms with van der Waals surface area (Å²) in [4.78, 5) is 27.8. The number of rotatable bonds is 4. The summed E-state index contributed by atoms with van der Waals surface area (Å²) >= 11 is 7.46. The average molecular weight is 443 g/mol. The molecule has 0 unspecified atom stereocenters. The molecule has 0 amide bonds. The highest BCUT2D eigenvalue weighted by Crippen LogP contribution is 2.46. The first-order valence-corrected chi connectivity index (χ1v) is 10.1. The summed E-state index contributed by atoms with van der Waals surface area (Å²) in [7, 11) is 1.78. The van der Waals surface area contributed by atoms with E-state index in [-0.39, 0.29) is 16.2 Å². The van der Waals surface area contributed by atoms with E-state index < -0.39 is 18.4 Å². The van der Waals surface area contributed by atoms with Crippen molar-refractivity contribution in [1.82, 2.24) is 0 Å². The van der Waals surface area contributed by atoms with Crippen LogP contribution in [0.1, 0.15) is 10.4 Å². The van der Waals surface area contributed by atoms with Gasteiger partial charge in [-0.1, -0.05) is 35.5 Å². The van der Waals surface area contributed by atoms with Gasteiger partial charge in [-0.25, -0.2) is 4.79 Å². The summed E-state index contributed by atoms with van der Waals surface area (Å²) in [5.74, 6) is -0.626. The number of benzene rings is 2. The number of hydrogen-bond acceptors (Lipinski definition) is 8. The predicted molar refractivity (Wildman–Crippen MR) is 111 cm³/mol. The van der Waals surface area contributed by atoms with Crippen molar-refractivity contribution in [3.8, 4) is 17.6 Å². The van der Waals surface area contributed by atoms with Gasteiger partial charge in [0, 0.05) is 11.9 Å². The average Bonchev–Trinajstić information content (AvgIpc) is 3.09. The molecule has 152 valence electrons. The van der Waals surface area contributed by atoms with Crippen LogP contribution in [-0.4, -0.2) is 38.6 Å². The van der Waals surface area contributed by atoms with Crippen molar-refractivity contribution in [2.24, 2.45) is 0 Å². The van der Waals surface area contributed by atoms with Crippen LogP contribution in [0, 0.1) is 11.3 Å². The number of ketones is 1. The molecule has 4 rings (SSSR count). The van der Waals surface area contributed by atoms with Crippen molar-refractivity contribution in [2.45, 2.75) is 4.90 Å². The number of Topliss-reactive ketones (excluding diaryl/α,β-unsaturated/α-hetero) is 1. The number of fused-ring (bicyclic) bond motifs is 2. The van der Waals surface area contributed by atoms with Gasteiger partial charge in [-0.15, -0.1) is 0 Å². The molecule has 2 heterocycles. The maximum atomic E-state index is 12.6. The van der Waals surface area contributed by atoms with Gasteiger partial charge in [0.25, 0.3) is 0 Å². The zero-order chi connectivity index (χ0) is 21.3. The first kappa shape index (κ1) is 20.1. The second-order valence-electron chi connectivity index (χ2n) is 6.40. The quantitative estimate of drug-likeness (QED) is 0.401. The van der Waals surface area contributed by atoms with Gasteiger partial charge < -0.3 is 19.1 Å². The fraction of sp³-hybridized carbons (Fsp3) is 0.190. The van der Waals surface area contributed by atoms with E-state index in [0.29, 0.717) is 29.7 Å². The molecule has 0 saturated heterocycles. The van der Waals surface area contributed by atoms with Crippen LogP contribution in [-0.2, 0) is 9.53 Å². The number of ether oxygens (including phenoxy) is 3. The second-order valence-corrected chi connectivity index (χ2v) is 7.84. The lowest BCUT2D eigenvalue weighted by molar-refractivity contribution is -0.118.